The Kier molecular flexibility index (Phi) is 3.47. The van der Waals surface area contributed by atoms with Crippen LogP contribution in [0.15, 0.2) is 18.2 Å². The van der Waals surface area contributed by atoms with E-state index in [4.69, 9.17) is 10.5 Å². The normalized spacial score (nSPS) is 10.3. The summed E-state index contributed by atoms with van der Waals surface area (Å²) in [5.74, 6) is -0.581. The second kappa shape index (κ2) is 5.08. The van der Waals surface area contributed by atoms with Crippen LogP contribution in [0.5, 0.6) is 11.6 Å². The Balaban J connectivity index is 2.47. The van der Waals surface area contributed by atoms with E-state index in [1.165, 1.54) is 25.1 Å². The molecule has 2 rings (SSSR count). The summed E-state index contributed by atoms with van der Waals surface area (Å²) in [5.41, 5.74) is 5.52. The molecule has 7 nitrogen and oxygen atoms in total. The van der Waals surface area contributed by atoms with Crippen molar-refractivity contribution in [2.45, 2.75) is 13.8 Å². The van der Waals surface area contributed by atoms with Gasteiger partial charge in [-0.25, -0.2) is 9.37 Å². The van der Waals surface area contributed by atoms with Gasteiger partial charge in [0.1, 0.15) is 17.3 Å². The van der Waals surface area contributed by atoms with Gasteiger partial charge in [0, 0.05) is 0 Å². The van der Waals surface area contributed by atoms with Gasteiger partial charge in [-0.05, 0) is 37.6 Å². The molecule has 20 heavy (non-hydrogen) atoms. The van der Waals surface area contributed by atoms with E-state index in [1.54, 1.807) is 6.92 Å². The van der Waals surface area contributed by atoms with Gasteiger partial charge in [-0.2, -0.15) is 4.98 Å². The van der Waals surface area contributed by atoms with Crippen molar-refractivity contribution in [1.29, 1.82) is 0 Å². The molecule has 2 N–H and O–H groups in total. The average molecular weight is 278 g/mol. The van der Waals surface area contributed by atoms with Crippen molar-refractivity contribution < 1.29 is 14.1 Å². The Bertz CT molecular complexity index is 691. The molecule has 104 valence electrons. The summed E-state index contributed by atoms with van der Waals surface area (Å²) in [5, 5.41) is 11.0. The molecular formula is C12H11FN4O3. The van der Waals surface area contributed by atoms with Gasteiger partial charge in [0.2, 0.25) is 5.95 Å². The molecule has 8 heteroatoms. The number of halogens is 1. The first-order valence-corrected chi connectivity index (χ1v) is 5.61. The molecule has 0 unspecified atom stereocenters. The molecule has 0 aliphatic rings. The van der Waals surface area contributed by atoms with Crippen molar-refractivity contribution in [3.8, 4) is 11.6 Å². The second-order valence-electron chi connectivity index (χ2n) is 4.09. The summed E-state index contributed by atoms with van der Waals surface area (Å²) in [7, 11) is 0. The number of rotatable bonds is 3. The van der Waals surface area contributed by atoms with Gasteiger partial charge in [-0.1, -0.05) is 0 Å². The molecular weight excluding hydrogens is 267 g/mol. The molecule has 0 aliphatic carbocycles. The molecule has 0 aliphatic heterocycles. The van der Waals surface area contributed by atoms with E-state index >= 15 is 0 Å². The van der Waals surface area contributed by atoms with Crippen LogP contribution in [0.3, 0.4) is 0 Å². The zero-order chi connectivity index (χ0) is 14.9. The number of hydrogen-bond acceptors (Lipinski definition) is 6. The Morgan fingerprint density at radius 1 is 1.35 bits per heavy atom. The highest BCUT2D eigenvalue weighted by molar-refractivity contribution is 5.49. The van der Waals surface area contributed by atoms with Crippen LogP contribution in [0.2, 0.25) is 0 Å². The summed E-state index contributed by atoms with van der Waals surface area (Å²) in [6.45, 7) is 2.98. The first-order valence-electron chi connectivity index (χ1n) is 5.61. The Morgan fingerprint density at radius 2 is 2.05 bits per heavy atom. The monoisotopic (exact) mass is 278 g/mol. The lowest BCUT2D eigenvalue weighted by atomic mass is 10.2. The third-order valence-electron chi connectivity index (χ3n) is 2.57. The summed E-state index contributed by atoms with van der Waals surface area (Å²) >= 11 is 0. The van der Waals surface area contributed by atoms with Crippen molar-refractivity contribution in [3.05, 3.63) is 45.4 Å². The van der Waals surface area contributed by atoms with E-state index in [-0.39, 0.29) is 29.0 Å². The molecule has 0 saturated heterocycles. The molecule has 0 radical (unpaired) electrons. The largest absolute Gasteiger partial charge is 0.434 e. The summed E-state index contributed by atoms with van der Waals surface area (Å²) in [4.78, 5) is 17.8. The fraction of sp³-hybridized carbons (Fsp3) is 0.167. The summed E-state index contributed by atoms with van der Waals surface area (Å²) < 4.78 is 18.5. The van der Waals surface area contributed by atoms with Crippen LogP contribution in [0.4, 0.5) is 16.0 Å². The fourth-order valence-electron chi connectivity index (χ4n) is 1.64. The third kappa shape index (κ3) is 2.63. The molecule has 0 bridgehead atoms. The van der Waals surface area contributed by atoms with Crippen LogP contribution in [0.1, 0.15) is 11.3 Å². The second-order valence-corrected chi connectivity index (χ2v) is 4.09. The molecule has 0 fully saturated rings. The van der Waals surface area contributed by atoms with Gasteiger partial charge < -0.3 is 10.5 Å². The van der Waals surface area contributed by atoms with E-state index in [2.05, 4.69) is 9.97 Å². The van der Waals surface area contributed by atoms with Crippen molar-refractivity contribution in [2.24, 2.45) is 0 Å². The zero-order valence-electron chi connectivity index (χ0n) is 10.8. The van der Waals surface area contributed by atoms with Gasteiger partial charge in [0.25, 0.3) is 0 Å². The van der Waals surface area contributed by atoms with E-state index < -0.39 is 10.7 Å². The van der Waals surface area contributed by atoms with Crippen molar-refractivity contribution in [2.75, 3.05) is 5.73 Å². The zero-order valence-corrected chi connectivity index (χ0v) is 10.8. The smallest absolute Gasteiger partial charge is 0.352 e. The van der Waals surface area contributed by atoms with E-state index in [9.17, 15) is 14.5 Å². The highest BCUT2D eigenvalue weighted by atomic mass is 19.1. The molecule has 2 aromatic rings. The molecule has 1 aromatic carbocycles. The number of ether oxygens (including phenoxy) is 1. The number of aromatic nitrogens is 2. The lowest BCUT2D eigenvalue weighted by molar-refractivity contribution is -0.386. The summed E-state index contributed by atoms with van der Waals surface area (Å²) in [6.07, 6.45) is 0. The number of hydrogen-bond donors (Lipinski definition) is 1. The lowest BCUT2D eigenvalue weighted by Gasteiger charge is -2.08. The fourth-order valence-corrected chi connectivity index (χ4v) is 1.64. The number of nitrogens with zero attached hydrogens (tertiary/aromatic N) is 3. The molecule has 0 amide bonds. The van der Waals surface area contributed by atoms with Crippen LogP contribution in [0, 0.1) is 29.8 Å². The first kappa shape index (κ1) is 13.7. The number of nitrogens with two attached hydrogens (primary N) is 1. The maximum absolute atomic E-state index is 13.2. The Labute approximate surface area is 113 Å². The maximum Gasteiger partial charge on any atom is 0.352 e. The van der Waals surface area contributed by atoms with Crippen LogP contribution in [0.25, 0.3) is 0 Å². The topological polar surface area (TPSA) is 104 Å². The van der Waals surface area contributed by atoms with Gasteiger partial charge in [0.15, 0.2) is 0 Å². The Hall–Kier alpha value is -2.77. The molecule has 0 saturated carbocycles. The first-order chi connectivity index (χ1) is 9.38. The van der Waals surface area contributed by atoms with Gasteiger partial charge in [-0.3, -0.25) is 10.1 Å². The lowest BCUT2D eigenvalue weighted by Crippen LogP contribution is -2.04. The van der Waals surface area contributed by atoms with Gasteiger partial charge in [0.05, 0.1) is 4.92 Å². The predicted octanol–water partition coefficient (Wildman–Crippen LogP) is 2.52. The maximum atomic E-state index is 13.2. The van der Waals surface area contributed by atoms with E-state index in [1.807, 2.05) is 0 Å². The van der Waals surface area contributed by atoms with Crippen LogP contribution in [-0.2, 0) is 0 Å². The number of anilines is 1. The van der Waals surface area contributed by atoms with E-state index in [0.29, 0.717) is 5.56 Å². The minimum absolute atomic E-state index is 0.0938. The quantitative estimate of drug-likeness (QED) is 0.683. The number of nitro groups is 1. The van der Waals surface area contributed by atoms with Crippen molar-refractivity contribution >= 4 is 11.6 Å². The average Bonchev–Trinajstić information content (AvgIpc) is 2.32. The molecule has 0 spiro atoms. The highest BCUT2D eigenvalue weighted by Crippen LogP contribution is 2.32. The molecule has 1 heterocycles. The number of aryl methyl sites for hydroxylation is 2. The minimum atomic E-state index is -0.652. The van der Waals surface area contributed by atoms with Crippen LogP contribution >= 0.6 is 0 Å². The number of benzene rings is 1. The highest BCUT2D eigenvalue weighted by Gasteiger charge is 2.23. The summed E-state index contributed by atoms with van der Waals surface area (Å²) in [6, 6.07) is 3.96. The minimum Gasteiger partial charge on any atom is -0.434 e. The SMILES string of the molecule is Cc1cc(Oc2nc(N)nc(C)c2[N+](=O)[O-])ccc1F. The van der Waals surface area contributed by atoms with E-state index in [0.717, 1.165) is 0 Å². The standard InChI is InChI=1S/C12H11FN4O3/c1-6-5-8(3-4-9(6)13)20-11-10(17(18)19)7(2)15-12(14)16-11/h3-5H,1-2H3,(H2,14,15,16). The third-order valence-corrected chi connectivity index (χ3v) is 2.57. The van der Waals surface area contributed by atoms with Gasteiger partial charge in [-0.15, -0.1) is 0 Å². The molecule has 0 atom stereocenters. The van der Waals surface area contributed by atoms with Crippen LogP contribution < -0.4 is 10.5 Å². The predicted molar refractivity (Wildman–Crippen MR) is 69.0 cm³/mol. The van der Waals surface area contributed by atoms with Crippen molar-refractivity contribution in [3.63, 3.8) is 0 Å². The van der Waals surface area contributed by atoms with Gasteiger partial charge >= 0.3 is 11.6 Å². The number of nitrogen functional groups attached to an aromatic ring is 1. The van der Waals surface area contributed by atoms with Crippen LogP contribution in [-0.4, -0.2) is 14.9 Å². The Morgan fingerprint density at radius 3 is 2.65 bits per heavy atom. The molecule has 1 aromatic heterocycles. The van der Waals surface area contributed by atoms with Crippen molar-refractivity contribution in [1.82, 2.24) is 9.97 Å².